The van der Waals surface area contributed by atoms with Gasteiger partial charge in [-0.3, -0.25) is 29.4 Å². The van der Waals surface area contributed by atoms with E-state index < -0.39 is 22.9 Å². The first kappa shape index (κ1) is 41.2. The lowest BCUT2D eigenvalue weighted by Crippen LogP contribution is -2.52. The van der Waals surface area contributed by atoms with Gasteiger partial charge in [-0.25, -0.2) is 14.3 Å². The molecule has 0 bridgehead atoms. The molecule has 4 aliphatic heterocycles. The summed E-state index contributed by atoms with van der Waals surface area (Å²) in [6.07, 6.45) is 10.5. The van der Waals surface area contributed by atoms with Gasteiger partial charge in [-0.2, -0.15) is 0 Å². The molecule has 1 saturated carbocycles. The second-order valence-electron chi connectivity index (χ2n) is 17.6. The van der Waals surface area contributed by atoms with Crippen LogP contribution in [-0.4, -0.2) is 105 Å². The van der Waals surface area contributed by atoms with Crippen molar-refractivity contribution in [3.8, 4) is 28.4 Å². The molecule has 2 aromatic carbocycles. The largest absolute Gasteiger partial charge is 0.496 e. The van der Waals surface area contributed by atoms with Crippen LogP contribution in [0.25, 0.3) is 21.9 Å². The van der Waals surface area contributed by atoms with E-state index in [1.165, 1.54) is 23.6 Å². The Labute approximate surface area is 357 Å². The third kappa shape index (κ3) is 8.06. The molecule has 0 radical (unpaired) electrons. The second kappa shape index (κ2) is 16.6. The molecular formula is C45H53N7O8S. The minimum atomic E-state index is -1.80. The number of benzene rings is 2. The number of aromatic nitrogens is 2. The number of nitrogens with two attached hydrogens (primary N) is 1. The van der Waals surface area contributed by atoms with E-state index in [0.29, 0.717) is 64.4 Å². The van der Waals surface area contributed by atoms with Crippen LogP contribution in [0.15, 0.2) is 58.6 Å². The van der Waals surface area contributed by atoms with E-state index in [2.05, 4.69) is 20.1 Å². The van der Waals surface area contributed by atoms with E-state index in [1.807, 2.05) is 30.3 Å². The summed E-state index contributed by atoms with van der Waals surface area (Å²) in [7, 11) is 3.21. The number of carbonyl (C=O) groups excluding carboxylic acids is 3. The van der Waals surface area contributed by atoms with Crippen molar-refractivity contribution < 1.29 is 32.8 Å². The highest BCUT2D eigenvalue weighted by Gasteiger charge is 2.47. The number of aryl methyl sites for hydroxylation is 1. The number of nitrogens with one attached hydrogen (secondary N) is 1. The summed E-state index contributed by atoms with van der Waals surface area (Å²) >= 11 is 0. The molecule has 3 amide bonds. The summed E-state index contributed by atoms with van der Waals surface area (Å²) in [5, 5.41) is 9.22. The molecule has 5 aliphatic rings. The summed E-state index contributed by atoms with van der Waals surface area (Å²) < 4.78 is 31.9. The van der Waals surface area contributed by atoms with Crippen LogP contribution >= 0.6 is 0 Å². The van der Waals surface area contributed by atoms with Gasteiger partial charge < -0.3 is 28.6 Å². The van der Waals surface area contributed by atoms with Gasteiger partial charge in [0.25, 0.3) is 11.5 Å². The van der Waals surface area contributed by atoms with Gasteiger partial charge in [0.15, 0.2) is 0 Å². The molecule has 3 N–H and O–H groups in total. The van der Waals surface area contributed by atoms with Gasteiger partial charge in [0.2, 0.25) is 11.8 Å². The Morgan fingerprint density at radius 2 is 1.62 bits per heavy atom. The van der Waals surface area contributed by atoms with Crippen LogP contribution in [0.3, 0.4) is 0 Å². The summed E-state index contributed by atoms with van der Waals surface area (Å²) in [4.78, 5) is 61.2. The van der Waals surface area contributed by atoms with E-state index in [-0.39, 0.29) is 34.9 Å². The molecule has 6 heterocycles. The fourth-order valence-corrected chi connectivity index (χ4v) is 10.7. The normalized spacial score (nSPS) is 21.7. The zero-order valence-electron chi connectivity index (χ0n) is 34.9. The molecule has 4 fully saturated rings. The Bertz CT molecular complexity index is 2460. The predicted molar refractivity (Wildman–Crippen MR) is 228 cm³/mol. The maximum Gasteiger partial charge on any atom is 0.259 e. The Balaban J connectivity index is 0.759. The Morgan fingerprint density at radius 3 is 2.30 bits per heavy atom. The highest BCUT2D eigenvalue weighted by Crippen LogP contribution is 2.51. The molecular weight excluding hydrogens is 799 g/mol. The summed E-state index contributed by atoms with van der Waals surface area (Å²) in [6.45, 7) is 6.34. The number of nitrogens with zero attached hydrogens (tertiary/aromatic N) is 5. The van der Waals surface area contributed by atoms with Gasteiger partial charge in [-0.05, 0) is 124 Å². The minimum Gasteiger partial charge on any atom is -0.496 e. The van der Waals surface area contributed by atoms with Gasteiger partial charge >= 0.3 is 0 Å². The van der Waals surface area contributed by atoms with Crippen molar-refractivity contribution in [1.82, 2.24) is 29.6 Å². The predicted octanol–water partition coefficient (Wildman–Crippen LogP) is 3.90. The fourth-order valence-electron chi connectivity index (χ4n) is 10.3. The lowest BCUT2D eigenvalue weighted by molar-refractivity contribution is -0.136. The quantitative estimate of drug-likeness (QED) is 0.209. The maximum absolute atomic E-state index is 13.3. The maximum atomic E-state index is 13.3. The van der Waals surface area contributed by atoms with Gasteiger partial charge in [0.1, 0.15) is 39.3 Å². The van der Waals surface area contributed by atoms with Crippen molar-refractivity contribution in [2.75, 3.05) is 46.9 Å². The number of ether oxygens (including phenoxy) is 3. The number of likely N-dealkylation sites (tertiary alicyclic amines) is 2. The molecule has 2 unspecified atom stereocenters. The Hall–Kier alpha value is -5.16. The van der Waals surface area contributed by atoms with Gasteiger partial charge in [-0.1, -0.05) is 6.07 Å². The zero-order chi connectivity index (χ0) is 42.6. The van der Waals surface area contributed by atoms with Crippen LogP contribution in [-0.2, 0) is 40.7 Å². The van der Waals surface area contributed by atoms with E-state index in [4.69, 9.17) is 19.3 Å². The molecule has 1 spiro atoms. The summed E-state index contributed by atoms with van der Waals surface area (Å²) in [5.41, 5.74) is 4.09. The molecule has 16 heteroatoms. The van der Waals surface area contributed by atoms with Crippen LogP contribution in [0.4, 0.5) is 0 Å². The van der Waals surface area contributed by atoms with Crippen molar-refractivity contribution in [3.05, 3.63) is 75.8 Å². The van der Waals surface area contributed by atoms with Gasteiger partial charge in [0, 0.05) is 62.0 Å². The lowest BCUT2D eigenvalue weighted by Gasteiger charge is -2.52. The van der Waals surface area contributed by atoms with Crippen LogP contribution in [0, 0.1) is 11.3 Å². The summed E-state index contributed by atoms with van der Waals surface area (Å²) in [5.74, 6) is 1.86. The number of amides is 3. The molecule has 3 saturated heterocycles. The smallest absolute Gasteiger partial charge is 0.259 e. The Kier molecular flexibility index (Phi) is 11.2. The van der Waals surface area contributed by atoms with Crippen LogP contribution < -0.4 is 30.2 Å². The van der Waals surface area contributed by atoms with Gasteiger partial charge in [-0.15, -0.1) is 0 Å². The zero-order valence-corrected chi connectivity index (χ0v) is 35.8. The van der Waals surface area contributed by atoms with Crippen LogP contribution in [0.1, 0.15) is 72.9 Å². The Morgan fingerprint density at radius 1 is 0.902 bits per heavy atom. The summed E-state index contributed by atoms with van der Waals surface area (Å²) in [6, 6.07) is 10.6. The molecule has 15 nitrogen and oxygen atoms in total. The number of methoxy groups -OCH3 is 2. The number of rotatable bonds is 11. The topological polar surface area (TPSA) is 179 Å². The van der Waals surface area contributed by atoms with Crippen molar-refractivity contribution in [3.63, 3.8) is 0 Å². The van der Waals surface area contributed by atoms with Gasteiger partial charge in [0.05, 0.1) is 31.3 Å². The molecule has 2 atom stereocenters. The standard InChI is InChI=1S/C45H53N7O8S/c1-49-25-35(33-19-41(61(46)57)47-22-34(33)43(49)55)29-16-38(58-2)36(39(17-29)59-3)26-50-12-8-27(9-13-50)23-51-14-10-45(11-15-51)20-31(21-45)60-30-5-4-28-24-52(44(56)32(28)18-30)37-6-7-40(53)48-42(37)54/h4-5,16-19,22,25,27,31,37H,6-15,20-21,23-24,26,46H2,1-3H3,(H,48,53,54). The first-order valence-corrected chi connectivity index (χ1v) is 22.4. The fraction of sp³-hybridized carbons (Fsp3) is 0.489. The highest BCUT2D eigenvalue weighted by atomic mass is 32.2. The first-order chi connectivity index (χ1) is 29.4. The number of hydrogen-bond acceptors (Lipinski definition) is 11. The number of piperidine rings is 3. The highest BCUT2D eigenvalue weighted by molar-refractivity contribution is 7.82. The average Bonchev–Trinajstić information content (AvgIpc) is 3.57. The second-order valence-corrected chi connectivity index (χ2v) is 18.6. The van der Waals surface area contributed by atoms with Crippen LogP contribution in [0.5, 0.6) is 17.2 Å². The number of carbonyl (C=O) groups is 3. The molecule has 9 rings (SSSR count). The SMILES string of the molecule is COc1cc(-c2cn(C)c(=O)c3cnc(S(N)=O)cc23)cc(OC)c1CN1CCC(CN2CCC3(CC2)CC(Oc2ccc4c(c2)C(=O)N(C2CCC(=O)NC2=O)C4)C3)CC1. The molecule has 4 aromatic rings. The minimum absolute atomic E-state index is 0.133. The van der Waals surface area contributed by atoms with Crippen molar-refractivity contribution in [2.45, 2.75) is 81.6 Å². The van der Waals surface area contributed by atoms with E-state index >= 15 is 0 Å². The molecule has 61 heavy (non-hydrogen) atoms. The lowest BCUT2D eigenvalue weighted by atomic mass is 9.61. The molecule has 322 valence electrons. The third-order valence-electron chi connectivity index (χ3n) is 13.8. The van der Waals surface area contributed by atoms with Crippen molar-refractivity contribution in [2.24, 2.45) is 23.5 Å². The van der Waals surface area contributed by atoms with E-state index in [1.54, 1.807) is 38.4 Å². The van der Waals surface area contributed by atoms with E-state index in [0.717, 1.165) is 80.7 Å². The average molecular weight is 852 g/mol. The first-order valence-electron chi connectivity index (χ1n) is 21.2. The third-order valence-corrected chi connectivity index (χ3v) is 14.4. The molecule has 1 aliphatic carbocycles. The number of fused-ring (bicyclic) bond motifs is 2. The molecule has 2 aromatic heterocycles. The van der Waals surface area contributed by atoms with Crippen molar-refractivity contribution in [1.29, 1.82) is 0 Å². The van der Waals surface area contributed by atoms with E-state index in [9.17, 15) is 23.4 Å². The number of pyridine rings is 2. The van der Waals surface area contributed by atoms with Crippen molar-refractivity contribution >= 4 is 39.5 Å². The number of imide groups is 1. The van der Waals surface area contributed by atoms with Crippen LogP contribution in [0.2, 0.25) is 0 Å². The monoisotopic (exact) mass is 851 g/mol. The number of hydrogen-bond donors (Lipinski definition) is 2.